The molecule has 0 aromatic carbocycles. The van der Waals surface area contributed by atoms with Crippen LogP contribution in [0, 0.1) is 5.92 Å². The van der Waals surface area contributed by atoms with E-state index in [1.165, 1.54) is 0 Å². The Hall–Kier alpha value is -3.95. The van der Waals surface area contributed by atoms with Gasteiger partial charge in [-0.25, -0.2) is 4.79 Å². The zero-order chi connectivity index (χ0) is 28.0. The maximum absolute atomic E-state index is 13.0. The molecule has 0 spiro atoms. The summed E-state index contributed by atoms with van der Waals surface area (Å²) in [5.74, 6) is -7.29. The Balaban J connectivity index is 5.49. The highest BCUT2D eigenvalue weighted by Gasteiger charge is 2.33. The van der Waals surface area contributed by atoms with Crippen LogP contribution < -0.4 is 38.9 Å². The summed E-state index contributed by atoms with van der Waals surface area (Å²) in [6.45, 7) is 3.66. The van der Waals surface area contributed by atoms with Crippen molar-refractivity contribution in [2.75, 3.05) is 6.54 Å². The summed E-state index contributed by atoms with van der Waals surface area (Å²) in [6, 6.07) is -5.59. The second kappa shape index (κ2) is 15.9. The molecule has 0 aliphatic rings. The summed E-state index contributed by atoms with van der Waals surface area (Å²) in [6.07, 6.45) is -0.600. The molecule has 5 atom stereocenters. The number of rotatable bonds is 17. The largest absolute Gasteiger partial charge is 0.481 e. The number of hydrogen-bond donors (Lipinski definition) is 9. The smallest absolute Gasteiger partial charge is 0.326 e. The van der Waals surface area contributed by atoms with Gasteiger partial charge in [-0.15, -0.1) is 0 Å². The van der Waals surface area contributed by atoms with Crippen LogP contribution in [0.15, 0.2) is 4.99 Å². The monoisotopic (exact) mass is 516 g/mol. The van der Waals surface area contributed by atoms with Gasteiger partial charge in [-0.3, -0.25) is 29.0 Å². The second-order valence-electron chi connectivity index (χ2n) is 8.16. The van der Waals surface area contributed by atoms with Crippen LogP contribution >= 0.6 is 0 Å². The third-order valence-corrected chi connectivity index (χ3v) is 5.13. The van der Waals surface area contributed by atoms with Gasteiger partial charge < -0.3 is 49.1 Å². The molecule has 0 aromatic rings. The molecule has 5 unspecified atom stereocenters. The number of nitrogens with zero attached hydrogens (tertiary/aromatic N) is 1. The average molecular weight is 517 g/mol. The summed E-state index contributed by atoms with van der Waals surface area (Å²) in [5, 5.41) is 24.7. The van der Waals surface area contributed by atoms with Gasteiger partial charge in [0.05, 0.1) is 18.9 Å². The zero-order valence-corrected chi connectivity index (χ0v) is 20.2. The lowest BCUT2D eigenvalue weighted by atomic mass is 9.97. The zero-order valence-electron chi connectivity index (χ0n) is 20.2. The molecule has 0 aliphatic carbocycles. The van der Waals surface area contributed by atoms with Crippen LogP contribution in [0.1, 0.15) is 46.0 Å². The highest BCUT2D eigenvalue weighted by molar-refractivity contribution is 5.96. The second-order valence-corrected chi connectivity index (χ2v) is 8.16. The molecule has 36 heavy (non-hydrogen) atoms. The number of carbonyl (C=O) groups excluding carboxylic acids is 4. The first kappa shape index (κ1) is 32.0. The first-order valence-electron chi connectivity index (χ1n) is 11.1. The number of carboxylic acids is 2. The lowest BCUT2D eigenvalue weighted by Gasteiger charge is -2.27. The Morgan fingerprint density at radius 1 is 0.861 bits per heavy atom. The van der Waals surface area contributed by atoms with E-state index in [2.05, 4.69) is 15.6 Å². The summed E-state index contributed by atoms with van der Waals surface area (Å²) in [4.78, 5) is 75.5. The molecule has 0 aromatic heterocycles. The molecular formula is C20H36N8O8. The first-order valence-corrected chi connectivity index (χ1v) is 11.1. The highest BCUT2D eigenvalue weighted by Crippen LogP contribution is 2.10. The standard InChI is InChI=1S/C20H36N8O8/c1-3-9(2)15(28-16(32)10(21)5-4-6-25-20(23)24)18(34)26-11(7-13(22)29)17(33)27-12(19(35)36)8-14(30)31/h9-12,15H,3-8,21H2,1-2H3,(H2,22,29)(H,26,34)(H,27,33)(H,28,32)(H,30,31)(H,35,36)(H4,23,24,25). The van der Waals surface area contributed by atoms with Gasteiger partial charge in [-0.1, -0.05) is 20.3 Å². The topological polar surface area (TPSA) is 295 Å². The Bertz CT molecular complexity index is 846. The van der Waals surface area contributed by atoms with Gasteiger partial charge in [-0.05, 0) is 18.8 Å². The van der Waals surface area contributed by atoms with Crippen LogP contribution in [0.4, 0.5) is 0 Å². The molecule has 0 aliphatic heterocycles. The van der Waals surface area contributed by atoms with Crippen molar-refractivity contribution in [3.63, 3.8) is 0 Å². The maximum Gasteiger partial charge on any atom is 0.326 e. The molecule has 4 amide bonds. The van der Waals surface area contributed by atoms with Gasteiger partial charge in [-0.2, -0.15) is 0 Å². The third kappa shape index (κ3) is 12.5. The van der Waals surface area contributed by atoms with Gasteiger partial charge in [0.2, 0.25) is 23.6 Å². The van der Waals surface area contributed by atoms with Gasteiger partial charge in [0, 0.05) is 6.54 Å². The molecule has 0 fully saturated rings. The molecule has 204 valence electrons. The number of aliphatic imine (C=N–C) groups is 1. The number of hydrogen-bond acceptors (Lipinski definition) is 8. The van der Waals surface area contributed by atoms with Crippen LogP contribution in [0.3, 0.4) is 0 Å². The molecule has 16 nitrogen and oxygen atoms in total. The van der Waals surface area contributed by atoms with Crippen molar-refractivity contribution in [2.45, 2.75) is 70.1 Å². The minimum atomic E-state index is -1.82. The number of guanidine groups is 1. The van der Waals surface area contributed by atoms with Crippen molar-refractivity contribution in [3.8, 4) is 0 Å². The Kier molecular flexibility index (Phi) is 14.1. The maximum atomic E-state index is 13.0. The molecule has 13 N–H and O–H groups in total. The number of nitrogens with two attached hydrogens (primary N) is 4. The summed E-state index contributed by atoms with van der Waals surface area (Å²) >= 11 is 0. The van der Waals surface area contributed by atoms with Crippen molar-refractivity contribution in [1.29, 1.82) is 0 Å². The Labute approximate surface area is 207 Å². The van der Waals surface area contributed by atoms with E-state index in [9.17, 15) is 28.8 Å². The molecule has 0 rings (SSSR count). The van der Waals surface area contributed by atoms with Crippen molar-refractivity contribution in [1.82, 2.24) is 16.0 Å². The molecule has 0 saturated carbocycles. The van der Waals surface area contributed by atoms with Gasteiger partial charge in [0.1, 0.15) is 18.1 Å². The van der Waals surface area contributed by atoms with Gasteiger partial charge in [0.25, 0.3) is 0 Å². The van der Waals surface area contributed by atoms with Crippen LogP contribution in [-0.4, -0.2) is 82.5 Å². The number of nitrogens with one attached hydrogen (secondary N) is 3. The average Bonchev–Trinajstić information content (AvgIpc) is 2.77. The van der Waals surface area contributed by atoms with Gasteiger partial charge >= 0.3 is 11.9 Å². The molecule has 0 bridgehead atoms. The van der Waals surface area contributed by atoms with Crippen LogP contribution in [0.2, 0.25) is 0 Å². The number of aliphatic carboxylic acids is 2. The minimum Gasteiger partial charge on any atom is -0.481 e. The van der Waals surface area contributed by atoms with E-state index >= 15 is 0 Å². The molecule has 16 heteroatoms. The predicted octanol–water partition coefficient (Wildman–Crippen LogP) is -3.70. The Morgan fingerprint density at radius 2 is 1.44 bits per heavy atom. The van der Waals surface area contributed by atoms with Crippen LogP contribution in [-0.2, 0) is 28.8 Å². The lowest BCUT2D eigenvalue weighted by molar-refractivity contribution is -0.147. The van der Waals surface area contributed by atoms with Crippen molar-refractivity contribution in [2.24, 2.45) is 33.8 Å². The molecule has 0 heterocycles. The van der Waals surface area contributed by atoms with E-state index in [1.807, 2.05) is 5.32 Å². The predicted molar refractivity (Wildman–Crippen MR) is 127 cm³/mol. The summed E-state index contributed by atoms with van der Waals surface area (Å²) in [5.41, 5.74) is 21.5. The number of carboxylic acid groups (broad SMARTS) is 2. The fraction of sp³-hybridized carbons (Fsp3) is 0.650. The number of carbonyl (C=O) groups is 6. The van der Waals surface area contributed by atoms with Crippen molar-refractivity contribution >= 4 is 41.5 Å². The molecular weight excluding hydrogens is 480 g/mol. The fourth-order valence-corrected chi connectivity index (χ4v) is 2.93. The van der Waals surface area contributed by atoms with E-state index in [0.717, 1.165) is 0 Å². The van der Waals surface area contributed by atoms with Gasteiger partial charge in [0.15, 0.2) is 5.96 Å². The molecule has 0 saturated heterocycles. The highest BCUT2D eigenvalue weighted by atomic mass is 16.4. The quantitative estimate of drug-likeness (QED) is 0.0514. The summed E-state index contributed by atoms with van der Waals surface area (Å²) < 4.78 is 0. The van der Waals surface area contributed by atoms with E-state index in [0.29, 0.717) is 12.8 Å². The van der Waals surface area contributed by atoms with E-state index < -0.39 is 78.5 Å². The van der Waals surface area contributed by atoms with Crippen LogP contribution in [0.5, 0.6) is 0 Å². The first-order chi connectivity index (χ1) is 16.7. The number of amides is 4. The van der Waals surface area contributed by atoms with E-state index in [1.54, 1.807) is 13.8 Å². The number of primary amides is 1. The minimum absolute atomic E-state index is 0.103. The fourth-order valence-electron chi connectivity index (χ4n) is 2.93. The van der Waals surface area contributed by atoms with Crippen molar-refractivity contribution < 1.29 is 39.0 Å². The Morgan fingerprint density at radius 3 is 1.92 bits per heavy atom. The van der Waals surface area contributed by atoms with E-state index in [4.69, 9.17) is 33.1 Å². The summed E-state index contributed by atoms with van der Waals surface area (Å²) in [7, 11) is 0. The van der Waals surface area contributed by atoms with Crippen LogP contribution in [0.25, 0.3) is 0 Å². The van der Waals surface area contributed by atoms with E-state index in [-0.39, 0.29) is 18.9 Å². The third-order valence-electron chi connectivity index (χ3n) is 5.13. The SMILES string of the molecule is CCC(C)C(NC(=O)C(N)CCCN=C(N)N)C(=O)NC(CC(N)=O)C(=O)NC(CC(=O)O)C(=O)O. The van der Waals surface area contributed by atoms with Crippen molar-refractivity contribution in [3.05, 3.63) is 0 Å². The molecule has 0 radical (unpaired) electrons. The lowest BCUT2D eigenvalue weighted by Crippen LogP contribution is -2.59. The normalized spacial score (nSPS) is 14.8.